The van der Waals surface area contributed by atoms with Crippen LogP contribution in [0.5, 0.6) is 0 Å². The number of urea groups is 1. The number of aliphatic carboxylic acids is 2. The number of nitrogens with one attached hydrogen (secondary N) is 4. The van der Waals surface area contributed by atoms with Gasteiger partial charge in [-0.3, -0.25) is 33.6 Å². The van der Waals surface area contributed by atoms with Crippen molar-refractivity contribution >= 4 is 58.5 Å². The zero-order valence-electron chi connectivity index (χ0n) is 30.5. The molecule has 5 atom stereocenters. The van der Waals surface area contributed by atoms with Gasteiger partial charge in [0.25, 0.3) is 0 Å². The number of anilines is 2. The molecule has 15 heteroatoms. The van der Waals surface area contributed by atoms with Crippen LogP contribution in [0, 0.1) is 24.7 Å². The van der Waals surface area contributed by atoms with Gasteiger partial charge in [-0.05, 0) is 61.9 Å². The van der Waals surface area contributed by atoms with Crippen molar-refractivity contribution in [2.45, 2.75) is 91.1 Å². The van der Waals surface area contributed by atoms with Gasteiger partial charge in [0.05, 0.1) is 31.0 Å². The molecular formula is C38H50N4O11. The quantitative estimate of drug-likeness (QED) is 0.0867. The summed E-state index contributed by atoms with van der Waals surface area (Å²) < 4.78 is 0. The van der Waals surface area contributed by atoms with E-state index in [0.29, 0.717) is 23.4 Å². The van der Waals surface area contributed by atoms with Crippen molar-refractivity contribution < 1.29 is 53.7 Å². The minimum Gasteiger partial charge on any atom is -0.481 e. The SMILES string of the molecule is CCC(C)[C@H](CC(=O)Cc1ccc(NC(=O)Nc2ccccc2C)cc1)C(=O)N[C@@H](CCCC(=O)O)C(=O)C[C@@H](CO)C(=O)N[C@@H](CC(=O)O)C(C)=O. The Bertz CT molecular complexity index is 1630. The molecule has 0 heterocycles. The highest BCUT2D eigenvalue weighted by molar-refractivity contribution is 6.00. The highest BCUT2D eigenvalue weighted by Gasteiger charge is 2.33. The molecule has 2 rings (SSSR count). The molecule has 0 radical (unpaired) electrons. The second-order valence-corrected chi connectivity index (χ2v) is 13.2. The molecule has 0 bridgehead atoms. The number of amides is 4. The van der Waals surface area contributed by atoms with Crippen LogP contribution in [0.15, 0.2) is 48.5 Å². The standard InChI is InChI=1S/C38H50N4O11/c1-5-22(2)29(19-28(45)17-25-13-15-27(16-14-25)39-38(53)42-30-10-7-6-9-23(30)3)37(52)40-31(11-8-12-34(47)48)33(46)18-26(21-43)36(51)41-32(24(4)44)20-35(49)50/h6-7,9-10,13-16,22,26,29,31-32,43H,5,8,11-12,17-21H2,1-4H3,(H,40,52)(H,41,51)(H,47,48)(H,49,50)(H2,39,42,53)/t22?,26-,29-,31-,32-/m0/s1. The number of aryl methyl sites for hydroxylation is 1. The normalized spacial score (nSPS) is 13.7. The summed E-state index contributed by atoms with van der Waals surface area (Å²) in [5.74, 6) is -8.11. The van der Waals surface area contributed by atoms with Crippen LogP contribution < -0.4 is 21.3 Å². The van der Waals surface area contributed by atoms with E-state index in [0.717, 1.165) is 12.5 Å². The smallest absolute Gasteiger partial charge is 0.323 e. The molecule has 0 saturated heterocycles. The topological polar surface area (TPSA) is 245 Å². The summed E-state index contributed by atoms with van der Waals surface area (Å²) in [6, 6.07) is 10.9. The van der Waals surface area contributed by atoms with E-state index >= 15 is 0 Å². The fourth-order valence-electron chi connectivity index (χ4n) is 5.52. The lowest BCUT2D eigenvalue weighted by Gasteiger charge is -2.26. The van der Waals surface area contributed by atoms with Crippen LogP contribution in [0.25, 0.3) is 0 Å². The van der Waals surface area contributed by atoms with Crippen molar-refractivity contribution in [3.8, 4) is 0 Å². The summed E-state index contributed by atoms with van der Waals surface area (Å²) >= 11 is 0. The Morgan fingerprint density at radius 3 is 1.98 bits per heavy atom. The van der Waals surface area contributed by atoms with Crippen LogP contribution >= 0.6 is 0 Å². The Hall–Kier alpha value is -5.44. The fraction of sp³-hybridized carbons (Fsp3) is 0.474. The van der Waals surface area contributed by atoms with Gasteiger partial charge >= 0.3 is 18.0 Å². The molecular weight excluding hydrogens is 688 g/mol. The number of rotatable bonds is 23. The van der Waals surface area contributed by atoms with Gasteiger partial charge in [-0.2, -0.15) is 0 Å². The van der Waals surface area contributed by atoms with E-state index in [1.165, 1.54) is 0 Å². The van der Waals surface area contributed by atoms with Gasteiger partial charge in [0, 0.05) is 43.0 Å². The predicted molar refractivity (Wildman–Crippen MR) is 195 cm³/mol. The molecule has 7 N–H and O–H groups in total. The number of hydrogen-bond acceptors (Lipinski definition) is 9. The van der Waals surface area contributed by atoms with Crippen molar-refractivity contribution in [1.29, 1.82) is 0 Å². The molecule has 2 aromatic carbocycles. The molecule has 15 nitrogen and oxygen atoms in total. The monoisotopic (exact) mass is 738 g/mol. The molecule has 0 spiro atoms. The maximum atomic E-state index is 13.7. The Kier molecular flexibility index (Phi) is 18.0. The Morgan fingerprint density at radius 1 is 0.774 bits per heavy atom. The first-order valence-corrected chi connectivity index (χ1v) is 17.5. The van der Waals surface area contributed by atoms with Crippen molar-refractivity contribution in [2.24, 2.45) is 17.8 Å². The average molecular weight is 739 g/mol. The van der Waals surface area contributed by atoms with Crippen molar-refractivity contribution in [1.82, 2.24) is 10.6 Å². The molecule has 288 valence electrons. The number of carboxylic acid groups (broad SMARTS) is 2. The average Bonchev–Trinajstić information content (AvgIpc) is 3.09. The summed E-state index contributed by atoms with van der Waals surface area (Å²) in [6.07, 6.45) is -1.35. The molecule has 53 heavy (non-hydrogen) atoms. The van der Waals surface area contributed by atoms with E-state index in [-0.39, 0.29) is 43.8 Å². The number of aliphatic hydroxyl groups is 1. The van der Waals surface area contributed by atoms with Gasteiger partial charge in [-0.15, -0.1) is 0 Å². The second kappa shape index (κ2) is 21.8. The number of hydrogen-bond donors (Lipinski definition) is 7. The van der Waals surface area contributed by atoms with E-state index in [4.69, 9.17) is 10.2 Å². The first-order valence-electron chi connectivity index (χ1n) is 17.5. The molecule has 0 aliphatic heterocycles. The van der Waals surface area contributed by atoms with Crippen LogP contribution in [0.2, 0.25) is 0 Å². The molecule has 1 unspecified atom stereocenters. The van der Waals surface area contributed by atoms with Gasteiger partial charge < -0.3 is 36.6 Å². The van der Waals surface area contributed by atoms with E-state index < -0.39 is 84.7 Å². The Morgan fingerprint density at radius 2 is 1.42 bits per heavy atom. The number of carbonyl (C=O) groups excluding carboxylic acids is 6. The number of Topliss-reactive ketones (excluding diaryl/α,β-unsaturated/α-hetero) is 3. The number of para-hydroxylation sites is 1. The van der Waals surface area contributed by atoms with Gasteiger partial charge in [-0.25, -0.2) is 4.79 Å². The number of ketones is 3. The zero-order valence-corrected chi connectivity index (χ0v) is 30.5. The van der Waals surface area contributed by atoms with E-state index in [9.17, 15) is 43.5 Å². The zero-order chi connectivity index (χ0) is 39.7. The third kappa shape index (κ3) is 15.4. The number of benzene rings is 2. The van der Waals surface area contributed by atoms with Gasteiger partial charge in [0.15, 0.2) is 11.6 Å². The summed E-state index contributed by atoms with van der Waals surface area (Å²) in [5, 5.41) is 38.5. The van der Waals surface area contributed by atoms with Gasteiger partial charge in [0.1, 0.15) is 5.78 Å². The lowest BCUT2D eigenvalue weighted by Crippen LogP contribution is -2.48. The first-order chi connectivity index (χ1) is 25.0. The van der Waals surface area contributed by atoms with Crippen LogP contribution in [0.4, 0.5) is 16.2 Å². The fourth-order valence-corrected chi connectivity index (χ4v) is 5.52. The molecule has 0 saturated carbocycles. The van der Waals surface area contributed by atoms with Crippen LogP contribution in [-0.4, -0.2) is 81.1 Å². The lowest BCUT2D eigenvalue weighted by molar-refractivity contribution is -0.140. The van der Waals surface area contributed by atoms with Gasteiger partial charge in [-0.1, -0.05) is 50.6 Å². The van der Waals surface area contributed by atoms with Crippen LogP contribution in [-0.2, 0) is 40.0 Å². The van der Waals surface area contributed by atoms with E-state index in [2.05, 4.69) is 21.3 Å². The predicted octanol–water partition coefficient (Wildman–Crippen LogP) is 3.66. The number of aliphatic hydroxyl groups excluding tert-OH is 1. The summed E-state index contributed by atoms with van der Waals surface area (Å²) in [7, 11) is 0. The van der Waals surface area contributed by atoms with E-state index in [1.807, 2.05) is 32.0 Å². The summed E-state index contributed by atoms with van der Waals surface area (Å²) in [4.78, 5) is 99.7. The van der Waals surface area contributed by atoms with Crippen molar-refractivity contribution in [3.05, 3.63) is 59.7 Å². The van der Waals surface area contributed by atoms with Crippen molar-refractivity contribution in [2.75, 3.05) is 17.2 Å². The highest BCUT2D eigenvalue weighted by atomic mass is 16.4. The van der Waals surface area contributed by atoms with Crippen molar-refractivity contribution in [3.63, 3.8) is 0 Å². The molecule has 0 aromatic heterocycles. The molecule has 2 aromatic rings. The molecule has 0 fully saturated rings. The van der Waals surface area contributed by atoms with Crippen LogP contribution in [0.3, 0.4) is 0 Å². The van der Waals surface area contributed by atoms with E-state index in [1.54, 1.807) is 37.3 Å². The minimum atomic E-state index is -1.38. The third-order valence-electron chi connectivity index (χ3n) is 8.93. The summed E-state index contributed by atoms with van der Waals surface area (Å²) in [6.45, 7) is 5.76. The first kappa shape index (κ1) is 43.7. The second-order valence-electron chi connectivity index (χ2n) is 13.2. The number of carbonyl (C=O) groups is 8. The highest BCUT2D eigenvalue weighted by Crippen LogP contribution is 2.23. The minimum absolute atomic E-state index is 0.00162. The Balaban J connectivity index is 2.12. The summed E-state index contributed by atoms with van der Waals surface area (Å²) in [5.41, 5.74) is 2.71. The Labute approximate surface area is 308 Å². The maximum Gasteiger partial charge on any atom is 0.323 e. The molecule has 4 amide bonds. The molecule has 0 aliphatic carbocycles. The van der Waals surface area contributed by atoms with Crippen LogP contribution in [0.1, 0.15) is 76.8 Å². The number of carboxylic acids is 2. The molecule has 0 aliphatic rings. The largest absolute Gasteiger partial charge is 0.481 e. The van der Waals surface area contributed by atoms with Gasteiger partial charge in [0.2, 0.25) is 11.8 Å². The maximum absolute atomic E-state index is 13.7. The lowest BCUT2D eigenvalue weighted by atomic mass is 9.85. The third-order valence-corrected chi connectivity index (χ3v) is 8.93.